The van der Waals surface area contributed by atoms with E-state index in [4.69, 9.17) is 4.74 Å². The van der Waals surface area contributed by atoms with Crippen molar-refractivity contribution in [1.29, 1.82) is 0 Å². The highest BCUT2D eigenvalue weighted by molar-refractivity contribution is 4.89. The smallest absolute Gasteiger partial charge is 0.0936 e. The van der Waals surface area contributed by atoms with E-state index in [0.717, 1.165) is 25.7 Å². The molecule has 1 aliphatic rings. The quantitative estimate of drug-likeness (QED) is 0.480. The van der Waals surface area contributed by atoms with Crippen LogP contribution in [-0.2, 0) is 4.74 Å². The second-order valence-electron chi connectivity index (χ2n) is 6.26. The van der Waals surface area contributed by atoms with E-state index in [-0.39, 0.29) is 11.7 Å². The maximum absolute atomic E-state index is 10.5. The zero-order valence-corrected chi connectivity index (χ0v) is 13.1. The molecule has 0 heterocycles. The molecule has 1 rings (SSSR count). The van der Waals surface area contributed by atoms with Crippen LogP contribution in [0.4, 0.5) is 0 Å². The lowest BCUT2D eigenvalue weighted by atomic mass is 9.85. The van der Waals surface area contributed by atoms with E-state index >= 15 is 0 Å². The van der Waals surface area contributed by atoms with Gasteiger partial charge in [-0.2, -0.15) is 0 Å². The van der Waals surface area contributed by atoms with Crippen LogP contribution in [0.5, 0.6) is 0 Å². The van der Waals surface area contributed by atoms with Crippen molar-refractivity contribution in [2.24, 2.45) is 0 Å². The van der Waals surface area contributed by atoms with Gasteiger partial charge in [-0.05, 0) is 19.3 Å². The molecule has 0 aromatic carbocycles. The second-order valence-corrected chi connectivity index (χ2v) is 6.26. The molecule has 0 aliphatic heterocycles. The summed E-state index contributed by atoms with van der Waals surface area (Å²) in [5, 5.41) is 10.5. The molecular weight excluding hydrogens is 236 g/mol. The van der Waals surface area contributed by atoms with Gasteiger partial charge in [0.05, 0.1) is 11.7 Å². The summed E-state index contributed by atoms with van der Waals surface area (Å²) in [7, 11) is 1.79. The van der Waals surface area contributed by atoms with Crippen molar-refractivity contribution in [3.63, 3.8) is 0 Å². The van der Waals surface area contributed by atoms with Crippen LogP contribution < -0.4 is 0 Å². The Labute approximate surface area is 119 Å². The van der Waals surface area contributed by atoms with Gasteiger partial charge in [-0.15, -0.1) is 0 Å². The van der Waals surface area contributed by atoms with Crippen LogP contribution >= 0.6 is 0 Å². The van der Waals surface area contributed by atoms with E-state index in [1.165, 1.54) is 57.8 Å². The maximum atomic E-state index is 10.5. The maximum Gasteiger partial charge on any atom is 0.0936 e. The molecule has 1 N–H and O–H groups in total. The average Bonchev–Trinajstić information content (AvgIpc) is 2.68. The van der Waals surface area contributed by atoms with Gasteiger partial charge < -0.3 is 9.84 Å². The predicted molar refractivity (Wildman–Crippen MR) is 81.4 cm³/mol. The molecule has 1 aliphatic carbocycles. The fourth-order valence-corrected chi connectivity index (χ4v) is 3.38. The van der Waals surface area contributed by atoms with Crippen molar-refractivity contribution < 1.29 is 9.84 Å². The van der Waals surface area contributed by atoms with Gasteiger partial charge in [0, 0.05) is 7.11 Å². The standard InChI is InChI=1S/C17H34O2/c1-3-4-5-6-7-10-13-16(18)17(19-2)14-11-8-9-12-15-17/h16,18H,3-15H2,1-2H3. The summed E-state index contributed by atoms with van der Waals surface area (Å²) < 4.78 is 5.77. The predicted octanol–water partition coefficient (Wildman–Crippen LogP) is 4.84. The summed E-state index contributed by atoms with van der Waals surface area (Å²) in [6.45, 7) is 2.25. The van der Waals surface area contributed by atoms with Crippen molar-refractivity contribution in [2.45, 2.75) is 102 Å². The molecule has 0 amide bonds. The summed E-state index contributed by atoms with van der Waals surface area (Å²) in [4.78, 5) is 0. The first-order valence-corrected chi connectivity index (χ1v) is 8.48. The summed E-state index contributed by atoms with van der Waals surface area (Å²) >= 11 is 0. The van der Waals surface area contributed by atoms with E-state index in [9.17, 15) is 5.11 Å². The minimum Gasteiger partial charge on any atom is -0.390 e. The normalized spacial score (nSPS) is 21.0. The number of rotatable bonds is 9. The van der Waals surface area contributed by atoms with Crippen molar-refractivity contribution in [1.82, 2.24) is 0 Å². The highest BCUT2D eigenvalue weighted by Gasteiger charge is 2.37. The third-order valence-electron chi connectivity index (χ3n) is 4.79. The molecule has 2 nitrogen and oxygen atoms in total. The molecule has 0 aromatic heterocycles. The van der Waals surface area contributed by atoms with Crippen LogP contribution in [0.1, 0.15) is 90.4 Å². The molecule has 0 saturated heterocycles. The SMILES string of the molecule is CCCCCCCCC(O)C1(OC)CCCCCC1. The minimum atomic E-state index is -0.262. The van der Waals surface area contributed by atoms with Gasteiger partial charge in [-0.3, -0.25) is 0 Å². The lowest BCUT2D eigenvalue weighted by Gasteiger charge is -2.36. The number of hydrogen-bond acceptors (Lipinski definition) is 2. The fraction of sp³-hybridized carbons (Fsp3) is 1.00. The van der Waals surface area contributed by atoms with Gasteiger partial charge in [-0.1, -0.05) is 71.1 Å². The monoisotopic (exact) mass is 270 g/mol. The van der Waals surface area contributed by atoms with Gasteiger partial charge in [0.25, 0.3) is 0 Å². The molecule has 0 spiro atoms. The molecule has 1 saturated carbocycles. The van der Waals surface area contributed by atoms with Gasteiger partial charge >= 0.3 is 0 Å². The summed E-state index contributed by atoms with van der Waals surface area (Å²) in [5.41, 5.74) is -0.236. The summed E-state index contributed by atoms with van der Waals surface area (Å²) in [5.74, 6) is 0. The van der Waals surface area contributed by atoms with Gasteiger partial charge in [0.15, 0.2) is 0 Å². The Morgan fingerprint density at radius 3 is 2.11 bits per heavy atom. The van der Waals surface area contributed by atoms with Crippen LogP contribution in [0.2, 0.25) is 0 Å². The lowest BCUT2D eigenvalue weighted by Crippen LogP contribution is -2.43. The Hall–Kier alpha value is -0.0800. The Kier molecular flexibility index (Phi) is 8.72. The zero-order valence-electron chi connectivity index (χ0n) is 13.1. The summed E-state index contributed by atoms with van der Waals surface area (Å²) in [6, 6.07) is 0. The molecule has 19 heavy (non-hydrogen) atoms. The third kappa shape index (κ3) is 5.83. The topological polar surface area (TPSA) is 29.5 Å². The van der Waals surface area contributed by atoms with Crippen LogP contribution in [0, 0.1) is 0 Å². The molecule has 0 bridgehead atoms. The number of ether oxygens (including phenoxy) is 1. The molecule has 2 heteroatoms. The lowest BCUT2D eigenvalue weighted by molar-refractivity contribution is -0.114. The molecule has 114 valence electrons. The van der Waals surface area contributed by atoms with Gasteiger partial charge in [0.1, 0.15) is 0 Å². The molecule has 1 fully saturated rings. The van der Waals surface area contributed by atoms with E-state index < -0.39 is 0 Å². The van der Waals surface area contributed by atoms with E-state index in [2.05, 4.69) is 6.92 Å². The molecule has 0 radical (unpaired) electrons. The largest absolute Gasteiger partial charge is 0.390 e. The first-order valence-electron chi connectivity index (χ1n) is 8.48. The highest BCUT2D eigenvalue weighted by Crippen LogP contribution is 2.34. The third-order valence-corrected chi connectivity index (χ3v) is 4.79. The van der Waals surface area contributed by atoms with Crippen molar-refractivity contribution >= 4 is 0 Å². The first kappa shape index (κ1) is 17.0. The summed E-state index contributed by atoms with van der Waals surface area (Å²) in [6.07, 6.45) is 15.5. The first-order chi connectivity index (χ1) is 9.25. The molecule has 1 atom stereocenters. The number of methoxy groups -OCH3 is 1. The van der Waals surface area contributed by atoms with E-state index in [0.29, 0.717) is 0 Å². The van der Waals surface area contributed by atoms with Crippen LogP contribution in [0.3, 0.4) is 0 Å². The van der Waals surface area contributed by atoms with Gasteiger partial charge in [0.2, 0.25) is 0 Å². The average molecular weight is 270 g/mol. The number of aliphatic hydroxyl groups is 1. The van der Waals surface area contributed by atoms with E-state index in [1.54, 1.807) is 7.11 Å². The van der Waals surface area contributed by atoms with Gasteiger partial charge in [-0.25, -0.2) is 0 Å². The van der Waals surface area contributed by atoms with Crippen LogP contribution in [-0.4, -0.2) is 23.9 Å². The Morgan fingerprint density at radius 1 is 0.947 bits per heavy atom. The highest BCUT2D eigenvalue weighted by atomic mass is 16.5. The molecular formula is C17H34O2. The van der Waals surface area contributed by atoms with Crippen molar-refractivity contribution in [3.8, 4) is 0 Å². The number of unbranched alkanes of at least 4 members (excludes halogenated alkanes) is 5. The Balaban J connectivity index is 2.26. The Morgan fingerprint density at radius 2 is 1.53 bits per heavy atom. The number of aliphatic hydroxyl groups excluding tert-OH is 1. The fourth-order valence-electron chi connectivity index (χ4n) is 3.38. The molecule has 1 unspecified atom stereocenters. The van der Waals surface area contributed by atoms with Crippen LogP contribution in [0.25, 0.3) is 0 Å². The van der Waals surface area contributed by atoms with Crippen LogP contribution in [0.15, 0.2) is 0 Å². The van der Waals surface area contributed by atoms with Crippen molar-refractivity contribution in [2.75, 3.05) is 7.11 Å². The number of hydrogen-bond donors (Lipinski definition) is 1. The Bertz CT molecular complexity index is 207. The molecule has 0 aromatic rings. The zero-order chi connectivity index (χ0) is 14.0. The van der Waals surface area contributed by atoms with Crippen molar-refractivity contribution in [3.05, 3.63) is 0 Å². The van der Waals surface area contributed by atoms with E-state index in [1.807, 2.05) is 0 Å². The minimum absolute atomic E-state index is 0.236. The second kappa shape index (κ2) is 9.77.